The molecule has 3 aromatic rings. The van der Waals surface area contributed by atoms with Crippen LogP contribution in [0.2, 0.25) is 0 Å². The number of aromatic nitrogens is 4. The predicted octanol–water partition coefficient (Wildman–Crippen LogP) is 2.63. The molecule has 1 saturated carbocycles. The minimum Gasteiger partial charge on any atom is -0.357 e. The standard InChI is InChI=1S/C14H16N6S/c1-15-14-17-12-11(6-16-19-12)13(18-14)20(10-2-3-10)7-9-4-5-21-8-9/h4-6,8,10H,2-3,7H2,1H3,(H2,15,16,17,18,19). The van der Waals surface area contributed by atoms with Crippen LogP contribution in [0.1, 0.15) is 18.4 Å². The molecule has 4 rings (SSSR count). The molecule has 1 aliphatic rings. The fraction of sp³-hybridized carbons (Fsp3) is 0.357. The van der Waals surface area contributed by atoms with Gasteiger partial charge in [0.15, 0.2) is 5.65 Å². The van der Waals surface area contributed by atoms with E-state index in [-0.39, 0.29) is 0 Å². The summed E-state index contributed by atoms with van der Waals surface area (Å²) < 4.78 is 0. The van der Waals surface area contributed by atoms with Gasteiger partial charge in [-0.15, -0.1) is 0 Å². The molecule has 0 spiro atoms. The molecule has 3 heterocycles. The largest absolute Gasteiger partial charge is 0.357 e. The van der Waals surface area contributed by atoms with Crippen molar-refractivity contribution < 1.29 is 0 Å². The van der Waals surface area contributed by atoms with Crippen LogP contribution in [0.3, 0.4) is 0 Å². The van der Waals surface area contributed by atoms with Gasteiger partial charge in [-0.25, -0.2) is 0 Å². The minimum absolute atomic E-state index is 0.572. The average Bonchev–Trinajstić information content (AvgIpc) is 3.02. The Labute approximate surface area is 126 Å². The highest BCUT2D eigenvalue weighted by Crippen LogP contribution is 2.35. The highest BCUT2D eigenvalue weighted by Gasteiger charge is 2.32. The quantitative estimate of drug-likeness (QED) is 0.758. The second-order valence-electron chi connectivity index (χ2n) is 5.24. The summed E-state index contributed by atoms with van der Waals surface area (Å²) in [7, 11) is 1.83. The van der Waals surface area contributed by atoms with Crippen LogP contribution in [-0.4, -0.2) is 33.3 Å². The van der Waals surface area contributed by atoms with Crippen molar-refractivity contribution in [2.24, 2.45) is 0 Å². The van der Waals surface area contributed by atoms with Crippen LogP contribution < -0.4 is 10.2 Å². The Bertz CT molecular complexity index is 746. The van der Waals surface area contributed by atoms with Gasteiger partial charge >= 0.3 is 0 Å². The zero-order valence-corrected chi connectivity index (χ0v) is 12.5. The maximum absolute atomic E-state index is 4.68. The van der Waals surface area contributed by atoms with Crippen LogP contribution in [-0.2, 0) is 6.54 Å². The molecule has 6 nitrogen and oxygen atoms in total. The van der Waals surface area contributed by atoms with Crippen molar-refractivity contribution in [2.45, 2.75) is 25.4 Å². The third-order valence-corrected chi connectivity index (χ3v) is 4.44. The minimum atomic E-state index is 0.572. The van der Waals surface area contributed by atoms with E-state index in [9.17, 15) is 0 Å². The third-order valence-electron chi connectivity index (χ3n) is 3.71. The maximum atomic E-state index is 4.68. The van der Waals surface area contributed by atoms with Crippen molar-refractivity contribution in [2.75, 3.05) is 17.3 Å². The molecule has 0 aliphatic heterocycles. The van der Waals surface area contributed by atoms with Crippen molar-refractivity contribution in [3.8, 4) is 0 Å². The molecule has 0 saturated heterocycles. The Morgan fingerprint density at radius 2 is 2.33 bits per heavy atom. The van der Waals surface area contributed by atoms with Crippen LogP contribution in [0, 0.1) is 0 Å². The lowest BCUT2D eigenvalue weighted by atomic mass is 10.2. The lowest BCUT2D eigenvalue weighted by molar-refractivity contribution is 0.783. The first kappa shape index (κ1) is 12.6. The Kier molecular flexibility index (Phi) is 2.99. The molecule has 0 radical (unpaired) electrons. The Balaban J connectivity index is 1.79. The molecular formula is C14H16N6S. The number of hydrogen-bond donors (Lipinski definition) is 2. The summed E-state index contributed by atoms with van der Waals surface area (Å²) in [5.41, 5.74) is 2.11. The van der Waals surface area contributed by atoms with Crippen molar-refractivity contribution in [1.82, 2.24) is 20.2 Å². The summed E-state index contributed by atoms with van der Waals surface area (Å²) >= 11 is 1.73. The number of hydrogen-bond acceptors (Lipinski definition) is 6. The zero-order chi connectivity index (χ0) is 14.2. The molecule has 2 N–H and O–H groups in total. The van der Waals surface area contributed by atoms with Crippen molar-refractivity contribution in [3.05, 3.63) is 28.6 Å². The first-order chi connectivity index (χ1) is 10.3. The topological polar surface area (TPSA) is 69.7 Å². The van der Waals surface area contributed by atoms with Gasteiger partial charge in [0, 0.05) is 19.6 Å². The monoisotopic (exact) mass is 300 g/mol. The van der Waals surface area contributed by atoms with Crippen molar-refractivity contribution >= 4 is 34.1 Å². The molecule has 0 aromatic carbocycles. The summed E-state index contributed by atoms with van der Waals surface area (Å²) in [5, 5.41) is 15.4. The summed E-state index contributed by atoms with van der Waals surface area (Å²) in [6, 6.07) is 2.75. The number of fused-ring (bicyclic) bond motifs is 1. The normalized spacial score (nSPS) is 14.5. The van der Waals surface area contributed by atoms with E-state index in [2.05, 4.69) is 47.2 Å². The first-order valence-electron chi connectivity index (χ1n) is 7.02. The maximum Gasteiger partial charge on any atom is 0.226 e. The smallest absolute Gasteiger partial charge is 0.226 e. The number of rotatable bonds is 5. The number of nitrogens with one attached hydrogen (secondary N) is 2. The van der Waals surface area contributed by atoms with E-state index < -0.39 is 0 Å². The molecule has 1 aliphatic carbocycles. The van der Waals surface area contributed by atoms with Gasteiger partial charge in [-0.2, -0.15) is 26.4 Å². The van der Waals surface area contributed by atoms with Crippen LogP contribution in [0.15, 0.2) is 23.0 Å². The van der Waals surface area contributed by atoms with Crippen LogP contribution >= 0.6 is 11.3 Å². The molecule has 3 aromatic heterocycles. The van der Waals surface area contributed by atoms with E-state index in [0.717, 1.165) is 23.4 Å². The second kappa shape index (κ2) is 5.00. The first-order valence-corrected chi connectivity index (χ1v) is 7.96. The highest BCUT2D eigenvalue weighted by atomic mass is 32.1. The molecule has 0 amide bonds. The molecule has 0 bridgehead atoms. The van der Waals surface area contributed by atoms with E-state index in [1.54, 1.807) is 11.3 Å². The van der Waals surface area contributed by atoms with E-state index in [4.69, 9.17) is 0 Å². The predicted molar refractivity (Wildman–Crippen MR) is 84.8 cm³/mol. The van der Waals surface area contributed by atoms with Gasteiger partial charge in [0.25, 0.3) is 0 Å². The molecular weight excluding hydrogens is 284 g/mol. The second-order valence-corrected chi connectivity index (χ2v) is 6.02. The lowest BCUT2D eigenvalue weighted by Crippen LogP contribution is -2.26. The summed E-state index contributed by atoms with van der Waals surface area (Å²) in [6.07, 6.45) is 4.26. The molecule has 0 unspecified atom stereocenters. The van der Waals surface area contributed by atoms with E-state index in [0.29, 0.717) is 12.0 Å². The van der Waals surface area contributed by atoms with Gasteiger partial charge in [-0.3, -0.25) is 5.10 Å². The van der Waals surface area contributed by atoms with E-state index in [1.165, 1.54) is 18.4 Å². The zero-order valence-electron chi connectivity index (χ0n) is 11.7. The van der Waals surface area contributed by atoms with Crippen LogP contribution in [0.5, 0.6) is 0 Å². The molecule has 21 heavy (non-hydrogen) atoms. The SMILES string of the molecule is CNc1nc(N(Cc2ccsc2)C2CC2)c2cn[nH]c2n1. The molecule has 7 heteroatoms. The summed E-state index contributed by atoms with van der Waals surface area (Å²) in [4.78, 5) is 11.5. The lowest BCUT2D eigenvalue weighted by Gasteiger charge is -2.24. The Morgan fingerprint density at radius 1 is 1.43 bits per heavy atom. The summed E-state index contributed by atoms with van der Waals surface area (Å²) in [5.74, 6) is 1.59. The number of H-pyrrole nitrogens is 1. The van der Waals surface area contributed by atoms with Crippen molar-refractivity contribution in [3.63, 3.8) is 0 Å². The average molecular weight is 300 g/mol. The molecule has 0 atom stereocenters. The van der Waals surface area contributed by atoms with Gasteiger partial charge in [-0.1, -0.05) is 0 Å². The highest BCUT2D eigenvalue weighted by molar-refractivity contribution is 7.07. The van der Waals surface area contributed by atoms with Gasteiger partial charge < -0.3 is 10.2 Å². The fourth-order valence-electron chi connectivity index (χ4n) is 2.49. The molecule has 1 fully saturated rings. The Hall–Kier alpha value is -2.15. The number of aromatic amines is 1. The number of anilines is 2. The number of nitrogens with zero attached hydrogens (tertiary/aromatic N) is 4. The van der Waals surface area contributed by atoms with E-state index >= 15 is 0 Å². The van der Waals surface area contributed by atoms with Gasteiger partial charge in [0.05, 0.1) is 11.6 Å². The van der Waals surface area contributed by atoms with Gasteiger partial charge in [0.2, 0.25) is 5.95 Å². The fourth-order valence-corrected chi connectivity index (χ4v) is 3.15. The van der Waals surface area contributed by atoms with Gasteiger partial charge in [0.1, 0.15) is 5.82 Å². The van der Waals surface area contributed by atoms with E-state index in [1.807, 2.05) is 13.2 Å². The third kappa shape index (κ3) is 2.33. The summed E-state index contributed by atoms with van der Waals surface area (Å²) in [6.45, 7) is 0.884. The molecule has 108 valence electrons. The Morgan fingerprint density at radius 3 is 3.05 bits per heavy atom. The van der Waals surface area contributed by atoms with Crippen LogP contribution in [0.4, 0.5) is 11.8 Å². The van der Waals surface area contributed by atoms with Crippen molar-refractivity contribution in [1.29, 1.82) is 0 Å². The van der Waals surface area contributed by atoms with Gasteiger partial charge in [-0.05, 0) is 35.2 Å². The number of thiophene rings is 1. The van der Waals surface area contributed by atoms with Crippen LogP contribution in [0.25, 0.3) is 11.0 Å².